The van der Waals surface area contributed by atoms with Crippen LogP contribution in [0.2, 0.25) is 5.02 Å². The Balaban J connectivity index is 1.88. The van der Waals surface area contributed by atoms with Crippen LogP contribution in [0.15, 0.2) is 48.5 Å². The lowest BCUT2D eigenvalue weighted by Crippen LogP contribution is -2.32. The van der Waals surface area contributed by atoms with Crippen molar-refractivity contribution in [1.29, 1.82) is 0 Å². The molecule has 0 heterocycles. The molecule has 0 aromatic heterocycles. The zero-order chi connectivity index (χ0) is 15.2. The van der Waals surface area contributed by atoms with Crippen LogP contribution in [0.1, 0.15) is 24.2 Å². The summed E-state index contributed by atoms with van der Waals surface area (Å²) in [5, 5.41) is 14.0. The average Bonchev–Trinajstić information content (AvgIpc) is 2.48. The first kappa shape index (κ1) is 16.0. The third-order valence-corrected chi connectivity index (χ3v) is 3.78. The van der Waals surface area contributed by atoms with Crippen LogP contribution >= 0.6 is 11.6 Å². The van der Waals surface area contributed by atoms with E-state index in [4.69, 9.17) is 11.6 Å². The molecule has 2 rings (SSSR count). The van der Waals surface area contributed by atoms with E-state index in [-0.39, 0.29) is 11.9 Å². The minimum atomic E-state index is -0.861. The molecule has 0 saturated carbocycles. The van der Waals surface area contributed by atoms with Gasteiger partial charge in [0.1, 0.15) is 5.82 Å². The summed E-state index contributed by atoms with van der Waals surface area (Å²) in [6.07, 6.45) is -0.108. The molecule has 2 nitrogen and oxygen atoms in total. The largest absolute Gasteiger partial charge is 0.387 e. The molecule has 112 valence electrons. The predicted molar refractivity (Wildman–Crippen MR) is 84.0 cm³/mol. The van der Waals surface area contributed by atoms with Crippen molar-refractivity contribution in [3.63, 3.8) is 0 Å². The van der Waals surface area contributed by atoms with Gasteiger partial charge in [0.2, 0.25) is 0 Å². The number of aliphatic hydroxyl groups is 1. The Morgan fingerprint density at radius 1 is 1.14 bits per heavy atom. The fraction of sp³-hybridized carbons (Fsp3) is 0.294. The second kappa shape index (κ2) is 7.55. The van der Waals surface area contributed by atoms with Crippen molar-refractivity contribution >= 4 is 11.6 Å². The lowest BCUT2D eigenvalue weighted by Gasteiger charge is -2.18. The lowest BCUT2D eigenvalue weighted by atomic mass is 10.1. The highest BCUT2D eigenvalue weighted by atomic mass is 35.5. The van der Waals surface area contributed by atoms with Gasteiger partial charge in [-0.05, 0) is 31.0 Å². The quantitative estimate of drug-likeness (QED) is 0.852. The molecule has 0 aliphatic carbocycles. The van der Waals surface area contributed by atoms with Crippen LogP contribution in [0, 0.1) is 5.82 Å². The highest BCUT2D eigenvalue weighted by Crippen LogP contribution is 2.18. The molecular weight excluding hydrogens is 289 g/mol. The van der Waals surface area contributed by atoms with Crippen molar-refractivity contribution in [1.82, 2.24) is 5.32 Å². The maximum Gasteiger partial charge on any atom is 0.129 e. The molecule has 2 aromatic rings. The van der Waals surface area contributed by atoms with Gasteiger partial charge in [-0.25, -0.2) is 4.39 Å². The Morgan fingerprint density at radius 2 is 1.81 bits per heavy atom. The second-order valence-electron chi connectivity index (χ2n) is 5.14. The zero-order valence-corrected chi connectivity index (χ0v) is 12.6. The van der Waals surface area contributed by atoms with Gasteiger partial charge >= 0.3 is 0 Å². The van der Waals surface area contributed by atoms with E-state index >= 15 is 0 Å². The van der Waals surface area contributed by atoms with Gasteiger partial charge in [0.05, 0.1) is 6.10 Å². The zero-order valence-electron chi connectivity index (χ0n) is 11.9. The van der Waals surface area contributed by atoms with Crippen molar-refractivity contribution < 1.29 is 9.50 Å². The fourth-order valence-corrected chi connectivity index (χ4v) is 2.45. The SMILES string of the molecule is CC(Cc1ccccc1Cl)NC[C@H](O)c1ccccc1F. The molecule has 0 fully saturated rings. The molecule has 0 aliphatic rings. The van der Waals surface area contributed by atoms with Gasteiger partial charge in [-0.3, -0.25) is 0 Å². The summed E-state index contributed by atoms with van der Waals surface area (Å²) in [5.74, 6) is -0.384. The van der Waals surface area contributed by atoms with E-state index < -0.39 is 6.10 Å². The van der Waals surface area contributed by atoms with Crippen LogP contribution in [0.4, 0.5) is 4.39 Å². The van der Waals surface area contributed by atoms with Gasteiger partial charge in [-0.1, -0.05) is 48.0 Å². The minimum absolute atomic E-state index is 0.131. The first-order valence-electron chi connectivity index (χ1n) is 6.97. The highest BCUT2D eigenvalue weighted by Gasteiger charge is 2.13. The monoisotopic (exact) mass is 307 g/mol. The van der Waals surface area contributed by atoms with Crippen LogP contribution in [0.3, 0.4) is 0 Å². The number of benzene rings is 2. The highest BCUT2D eigenvalue weighted by molar-refractivity contribution is 6.31. The normalized spacial score (nSPS) is 13.9. The first-order valence-corrected chi connectivity index (χ1v) is 7.35. The van der Waals surface area contributed by atoms with E-state index in [2.05, 4.69) is 5.32 Å². The van der Waals surface area contributed by atoms with Gasteiger partial charge < -0.3 is 10.4 Å². The number of nitrogens with one attached hydrogen (secondary N) is 1. The molecule has 2 atom stereocenters. The molecule has 1 unspecified atom stereocenters. The standard InChI is InChI=1S/C17H19ClFNO/c1-12(10-13-6-2-4-8-15(13)18)20-11-17(21)14-7-3-5-9-16(14)19/h2-9,12,17,20-21H,10-11H2,1H3/t12?,17-/m0/s1. The Kier molecular flexibility index (Phi) is 5.74. The molecule has 0 bridgehead atoms. The number of hydrogen-bond donors (Lipinski definition) is 2. The van der Waals surface area contributed by atoms with Gasteiger partial charge in [0.15, 0.2) is 0 Å². The maximum atomic E-state index is 13.6. The molecule has 2 N–H and O–H groups in total. The van der Waals surface area contributed by atoms with E-state index in [1.54, 1.807) is 18.2 Å². The average molecular weight is 308 g/mol. The van der Waals surface area contributed by atoms with E-state index in [0.29, 0.717) is 12.1 Å². The fourth-order valence-electron chi connectivity index (χ4n) is 2.23. The molecule has 0 aliphatic heterocycles. The molecule has 4 heteroatoms. The van der Waals surface area contributed by atoms with Gasteiger partial charge in [0.25, 0.3) is 0 Å². The third kappa shape index (κ3) is 4.53. The molecule has 21 heavy (non-hydrogen) atoms. The Hall–Kier alpha value is -1.42. The molecule has 2 aromatic carbocycles. The number of hydrogen-bond acceptors (Lipinski definition) is 2. The number of aliphatic hydroxyl groups excluding tert-OH is 1. The second-order valence-corrected chi connectivity index (χ2v) is 5.55. The van der Waals surface area contributed by atoms with Crippen LogP contribution in [-0.4, -0.2) is 17.7 Å². The van der Waals surface area contributed by atoms with Crippen LogP contribution < -0.4 is 5.32 Å². The van der Waals surface area contributed by atoms with E-state index in [9.17, 15) is 9.50 Å². The van der Waals surface area contributed by atoms with Gasteiger partial charge in [-0.2, -0.15) is 0 Å². The van der Waals surface area contributed by atoms with E-state index in [0.717, 1.165) is 17.0 Å². The van der Waals surface area contributed by atoms with Crippen molar-refractivity contribution in [2.45, 2.75) is 25.5 Å². The summed E-state index contributed by atoms with van der Waals surface area (Å²) in [7, 11) is 0. The number of halogens is 2. The van der Waals surface area contributed by atoms with Crippen molar-refractivity contribution in [3.05, 3.63) is 70.5 Å². The number of rotatable bonds is 6. The lowest BCUT2D eigenvalue weighted by molar-refractivity contribution is 0.166. The third-order valence-electron chi connectivity index (χ3n) is 3.41. The van der Waals surface area contributed by atoms with Crippen molar-refractivity contribution in [3.8, 4) is 0 Å². The maximum absolute atomic E-state index is 13.6. The Labute approximate surface area is 129 Å². The summed E-state index contributed by atoms with van der Waals surface area (Å²) >= 11 is 6.12. The van der Waals surface area contributed by atoms with Gasteiger partial charge in [0, 0.05) is 23.2 Å². The molecular formula is C17H19ClFNO. The smallest absolute Gasteiger partial charge is 0.129 e. The predicted octanol–water partition coefficient (Wildman–Crippen LogP) is 3.73. The summed E-state index contributed by atoms with van der Waals surface area (Å²) in [6, 6.07) is 14.1. The first-order chi connectivity index (χ1) is 10.1. The topological polar surface area (TPSA) is 32.3 Å². The Bertz CT molecular complexity index is 591. The summed E-state index contributed by atoms with van der Waals surface area (Å²) in [6.45, 7) is 2.31. The van der Waals surface area contributed by atoms with Crippen molar-refractivity contribution in [2.24, 2.45) is 0 Å². The van der Waals surface area contributed by atoms with Crippen LogP contribution in [-0.2, 0) is 6.42 Å². The van der Waals surface area contributed by atoms with Gasteiger partial charge in [-0.15, -0.1) is 0 Å². The summed E-state index contributed by atoms with van der Waals surface area (Å²) in [5.41, 5.74) is 1.37. The van der Waals surface area contributed by atoms with Crippen molar-refractivity contribution in [2.75, 3.05) is 6.54 Å². The molecule has 0 spiro atoms. The van der Waals surface area contributed by atoms with Crippen LogP contribution in [0.5, 0.6) is 0 Å². The van der Waals surface area contributed by atoms with E-state index in [1.165, 1.54) is 6.07 Å². The summed E-state index contributed by atoms with van der Waals surface area (Å²) in [4.78, 5) is 0. The molecule has 0 saturated heterocycles. The molecule has 0 amide bonds. The van der Waals surface area contributed by atoms with Crippen LogP contribution in [0.25, 0.3) is 0 Å². The van der Waals surface area contributed by atoms with E-state index in [1.807, 2.05) is 31.2 Å². The molecule has 0 radical (unpaired) electrons. The Morgan fingerprint density at radius 3 is 2.52 bits per heavy atom. The summed E-state index contributed by atoms with van der Waals surface area (Å²) < 4.78 is 13.6. The minimum Gasteiger partial charge on any atom is -0.387 e.